The summed E-state index contributed by atoms with van der Waals surface area (Å²) >= 11 is 1.83. The summed E-state index contributed by atoms with van der Waals surface area (Å²) in [6.07, 6.45) is 0. The number of β-amino-alcohol motifs (C(OH)–C–C–N with tert-alkyl or cyclic N) is 1. The number of rotatable bonds is 4. The molecular weight excluding hydrogens is 341 g/mol. The molecule has 0 bridgehead atoms. The molecule has 0 saturated carbocycles. The third kappa shape index (κ3) is 3.60. The SMILES string of the molecule is NCc1ccc2c(c1)Sc1ccccc1B=C2N1CCN(CCO)CC1. The van der Waals surface area contributed by atoms with Gasteiger partial charge in [-0.3, -0.25) is 0 Å². The van der Waals surface area contributed by atoms with E-state index in [0.717, 1.165) is 32.7 Å². The standard InChI is InChI=1S/C20H24BN3OS/c22-14-15-5-6-16-19(13-15)26-18-4-2-1-3-17(18)21-20(16)24-9-7-23(8-10-24)11-12-25/h1-6,13,25H,7-12,14,22H2. The molecule has 0 amide bonds. The predicted octanol–water partition coefficient (Wildman–Crippen LogP) is 0.727. The molecule has 0 radical (unpaired) electrons. The molecule has 26 heavy (non-hydrogen) atoms. The third-order valence-corrected chi connectivity index (χ3v) is 6.27. The van der Waals surface area contributed by atoms with Gasteiger partial charge in [-0.15, -0.1) is 0 Å². The Hall–Kier alpha value is -1.60. The second-order valence-electron chi connectivity index (χ2n) is 6.76. The molecule has 2 heterocycles. The van der Waals surface area contributed by atoms with Crippen molar-refractivity contribution in [1.82, 2.24) is 9.80 Å². The Morgan fingerprint density at radius 3 is 2.62 bits per heavy atom. The maximum absolute atomic E-state index is 9.18. The fraction of sp³-hybridized carbons (Fsp3) is 0.350. The van der Waals surface area contributed by atoms with Crippen LogP contribution in [0.25, 0.3) is 0 Å². The van der Waals surface area contributed by atoms with Gasteiger partial charge in [0, 0.05) is 0 Å². The molecule has 1 fully saturated rings. The van der Waals surface area contributed by atoms with Crippen LogP contribution in [0.3, 0.4) is 0 Å². The molecule has 0 aromatic heterocycles. The van der Waals surface area contributed by atoms with E-state index in [4.69, 9.17) is 5.73 Å². The van der Waals surface area contributed by atoms with Crippen LogP contribution in [0.1, 0.15) is 11.1 Å². The number of benzene rings is 2. The molecule has 134 valence electrons. The zero-order chi connectivity index (χ0) is 17.9. The summed E-state index contributed by atoms with van der Waals surface area (Å²) in [7, 11) is 0. The van der Waals surface area contributed by atoms with Crippen molar-refractivity contribution in [3.63, 3.8) is 0 Å². The number of hydrogen-bond acceptors (Lipinski definition) is 5. The van der Waals surface area contributed by atoms with Crippen molar-refractivity contribution >= 4 is 29.7 Å². The average molecular weight is 365 g/mol. The van der Waals surface area contributed by atoms with E-state index in [-0.39, 0.29) is 6.61 Å². The van der Waals surface area contributed by atoms with Gasteiger partial charge >= 0.3 is 160 Å². The molecule has 0 unspecified atom stereocenters. The number of fused-ring (bicyclic) bond motifs is 2. The summed E-state index contributed by atoms with van der Waals surface area (Å²) in [5.74, 6) is 0. The quantitative estimate of drug-likeness (QED) is 0.783. The van der Waals surface area contributed by atoms with E-state index < -0.39 is 0 Å². The molecule has 3 N–H and O–H groups in total. The zero-order valence-electron chi connectivity index (χ0n) is 14.9. The first-order valence-electron chi connectivity index (χ1n) is 9.18. The number of hydrogen-bond donors (Lipinski definition) is 2. The van der Waals surface area contributed by atoms with Crippen LogP contribution in [0.2, 0.25) is 0 Å². The van der Waals surface area contributed by atoms with Gasteiger partial charge in [-0.1, -0.05) is 0 Å². The Bertz CT molecular complexity index is 818. The van der Waals surface area contributed by atoms with Gasteiger partial charge in [0.2, 0.25) is 0 Å². The molecule has 0 spiro atoms. The van der Waals surface area contributed by atoms with Gasteiger partial charge in [-0.2, -0.15) is 0 Å². The number of nitrogens with two attached hydrogens (primary N) is 1. The molecular formula is C20H24BN3OS. The minimum absolute atomic E-state index is 0.234. The molecule has 4 rings (SSSR count). The predicted molar refractivity (Wildman–Crippen MR) is 109 cm³/mol. The van der Waals surface area contributed by atoms with Crippen LogP contribution in [0.5, 0.6) is 0 Å². The molecule has 0 aliphatic carbocycles. The van der Waals surface area contributed by atoms with E-state index in [1.165, 1.54) is 32.0 Å². The fourth-order valence-corrected chi connectivity index (χ4v) is 4.76. The van der Waals surface area contributed by atoms with E-state index in [1.54, 1.807) is 0 Å². The monoisotopic (exact) mass is 365 g/mol. The number of nitrogens with zero attached hydrogens (tertiary/aromatic N) is 2. The molecule has 2 aromatic carbocycles. The first kappa shape index (κ1) is 17.8. The topological polar surface area (TPSA) is 52.7 Å². The van der Waals surface area contributed by atoms with Crippen LogP contribution in [0, 0.1) is 0 Å². The van der Waals surface area contributed by atoms with Crippen LogP contribution in [0.15, 0.2) is 52.3 Å². The average Bonchev–Trinajstić information content (AvgIpc) is 2.85. The van der Waals surface area contributed by atoms with Gasteiger partial charge in [0.25, 0.3) is 0 Å². The Kier molecular flexibility index (Phi) is 5.45. The fourth-order valence-electron chi connectivity index (χ4n) is 3.64. The van der Waals surface area contributed by atoms with Gasteiger partial charge in [0.1, 0.15) is 0 Å². The molecule has 2 aliphatic heterocycles. The maximum atomic E-state index is 9.18. The van der Waals surface area contributed by atoms with Gasteiger partial charge < -0.3 is 0 Å². The van der Waals surface area contributed by atoms with Crippen LogP contribution in [-0.2, 0) is 6.54 Å². The minimum atomic E-state index is 0.234. The van der Waals surface area contributed by atoms with E-state index in [1.807, 2.05) is 11.8 Å². The molecule has 1 saturated heterocycles. The third-order valence-electron chi connectivity index (χ3n) is 5.12. The first-order chi connectivity index (χ1) is 12.8. The first-order valence-corrected chi connectivity index (χ1v) is 10.0. The summed E-state index contributed by atoms with van der Waals surface area (Å²) < 4.78 is 0. The number of aliphatic hydroxyl groups excluding tert-OH is 1. The molecule has 0 atom stereocenters. The number of aliphatic hydroxyl groups is 1. The summed E-state index contributed by atoms with van der Waals surface area (Å²) in [6.45, 7) is 7.84. The van der Waals surface area contributed by atoms with Crippen LogP contribution < -0.4 is 11.2 Å². The van der Waals surface area contributed by atoms with Crippen LogP contribution in [-0.4, -0.2) is 66.7 Å². The van der Waals surface area contributed by atoms with E-state index >= 15 is 0 Å². The van der Waals surface area contributed by atoms with Crippen molar-refractivity contribution in [2.75, 3.05) is 39.3 Å². The number of piperazine rings is 1. The second-order valence-corrected chi connectivity index (χ2v) is 7.84. The Labute approximate surface area is 159 Å². The Morgan fingerprint density at radius 1 is 1.04 bits per heavy atom. The van der Waals surface area contributed by atoms with Crippen molar-refractivity contribution in [1.29, 1.82) is 0 Å². The Morgan fingerprint density at radius 2 is 1.85 bits per heavy atom. The second kappa shape index (κ2) is 7.97. The van der Waals surface area contributed by atoms with Crippen molar-refractivity contribution in [2.45, 2.75) is 16.3 Å². The van der Waals surface area contributed by atoms with Gasteiger partial charge in [0.15, 0.2) is 0 Å². The summed E-state index contributed by atoms with van der Waals surface area (Å²) in [6, 6.07) is 15.2. The van der Waals surface area contributed by atoms with Gasteiger partial charge in [0.05, 0.1) is 0 Å². The molecule has 4 nitrogen and oxygen atoms in total. The zero-order valence-corrected chi connectivity index (χ0v) is 15.7. The van der Waals surface area contributed by atoms with E-state index in [9.17, 15) is 5.11 Å². The van der Waals surface area contributed by atoms with Gasteiger partial charge in [-0.25, -0.2) is 0 Å². The van der Waals surface area contributed by atoms with Crippen molar-refractivity contribution < 1.29 is 5.11 Å². The van der Waals surface area contributed by atoms with Crippen molar-refractivity contribution in [2.24, 2.45) is 5.73 Å². The Balaban J connectivity index is 1.71. The van der Waals surface area contributed by atoms with Crippen LogP contribution >= 0.6 is 11.8 Å². The van der Waals surface area contributed by atoms with Gasteiger partial charge in [-0.05, 0) is 0 Å². The molecule has 2 aromatic rings. The van der Waals surface area contributed by atoms with Crippen molar-refractivity contribution in [3.8, 4) is 0 Å². The summed E-state index contributed by atoms with van der Waals surface area (Å²) in [5.41, 5.74) is 10.9. The molecule has 6 heteroatoms. The van der Waals surface area contributed by atoms with Crippen LogP contribution in [0.4, 0.5) is 0 Å². The summed E-state index contributed by atoms with van der Waals surface area (Å²) in [5, 5.41) is 9.18. The van der Waals surface area contributed by atoms with E-state index in [0.29, 0.717) is 6.54 Å². The molecule has 2 aliphatic rings. The normalized spacial score (nSPS) is 17.0. The summed E-state index contributed by atoms with van der Waals surface area (Å²) in [4.78, 5) is 7.38. The van der Waals surface area contributed by atoms with Crippen molar-refractivity contribution in [3.05, 3.63) is 53.6 Å². The van der Waals surface area contributed by atoms with E-state index in [2.05, 4.69) is 59.2 Å².